The Kier molecular flexibility index (Phi) is 4.46. The molecule has 0 aromatic heterocycles. The third-order valence-corrected chi connectivity index (χ3v) is 2.06. The number of ketones is 1. The molecule has 72 valence electrons. The molecule has 0 aliphatic heterocycles. The summed E-state index contributed by atoms with van der Waals surface area (Å²) >= 11 is 0. The van der Waals surface area contributed by atoms with Gasteiger partial charge in [0.2, 0.25) is 0 Å². The Morgan fingerprint density at radius 2 is 1.92 bits per heavy atom. The Bertz CT molecular complexity index is 146. The predicted molar refractivity (Wildman–Crippen MR) is 52.0 cm³/mol. The summed E-state index contributed by atoms with van der Waals surface area (Å²) in [5.41, 5.74) is 5.69. The van der Waals surface area contributed by atoms with Gasteiger partial charge in [-0.15, -0.1) is 0 Å². The summed E-state index contributed by atoms with van der Waals surface area (Å²) in [7, 11) is 0. The first kappa shape index (κ1) is 11.6. The average Bonchev–Trinajstić information content (AvgIpc) is 1.97. The van der Waals surface area contributed by atoms with Crippen molar-refractivity contribution in [2.75, 3.05) is 0 Å². The fraction of sp³-hybridized carbons (Fsp3) is 0.900. The second-order valence-electron chi connectivity index (χ2n) is 4.41. The van der Waals surface area contributed by atoms with Gasteiger partial charge in [0.25, 0.3) is 0 Å². The van der Waals surface area contributed by atoms with Crippen LogP contribution in [-0.4, -0.2) is 11.8 Å². The van der Waals surface area contributed by atoms with Gasteiger partial charge in [-0.05, 0) is 11.8 Å². The molecule has 2 N–H and O–H groups in total. The van der Waals surface area contributed by atoms with Crippen molar-refractivity contribution in [1.82, 2.24) is 0 Å². The van der Waals surface area contributed by atoms with Crippen LogP contribution in [0.2, 0.25) is 0 Å². The zero-order valence-electron chi connectivity index (χ0n) is 8.68. The molecule has 1 unspecified atom stereocenters. The van der Waals surface area contributed by atoms with E-state index >= 15 is 0 Å². The van der Waals surface area contributed by atoms with E-state index < -0.39 is 0 Å². The maximum absolute atomic E-state index is 11.4. The lowest BCUT2D eigenvalue weighted by Gasteiger charge is -2.25. The largest absolute Gasteiger partial charge is 0.321 e. The van der Waals surface area contributed by atoms with E-state index in [4.69, 9.17) is 5.73 Å². The van der Waals surface area contributed by atoms with Gasteiger partial charge >= 0.3 is 0 Å². The number of rotatable bonds is 4. The minimum atomic E-state index is -0.302. The Hall–Kier alpha value is -0.370. The molecule has 0 aromatic rings. The first-order valence-electron chi connectivity index (χ1n) is 4.68. The number of carbonyl (C=O) groups is 1. The van der Waals surface area contributed by atoms with Crippen molar-refractivity contribution >= 4 is 5.78 Å². The molecule has 0 saturated carbocycles. The van der Waals surface area contributed by atoms with E-state index in [1.165, 1.54) is 0 Å². The van der Waals surface area contributed by atoms with Gasteiger partial charge in [0.1, 0.15) is 5.78 Å². The lowest BCUT2D eigenvalue weighted by molar-refractivity contribution is -0.122. The molecule has 12 heavy (non-hydrogen) atoms. The molecule has 0 aromatic carbocycles. The highest BCUT2D eigenvalue weighted by molar-refractivity contribution is 5.84. The number of hydrogen-bond donors (Lipinski definition) is 1. The van der Waals surface area contributed by atoms with Crippen LogP contribution in [0.15, 0.2) is 0 Å². The van der Waals surface area contributed by atoms with Crippen molar-refractivity contribution in [2.45, 2.75) is 53.0 Å². The summed E-state index contributed by atoms with van der Waals surface area (Å²) in [6.07, 6.45) is 2.65. The fourth-order valence-corrected chi connectivity index (χ4v) is 0.989. The summed E-state index contributed by atoms with van der Waals surface area (Å²) in [5.74, 6) is 0.198. The van der Waals surface area contributed by atoms with Crippen molar-refractivity contribution in [3.63, 3.8) is 0 Å². The Labute approximate surface area is 75.5 Å². The van der Waals surface area contributed by atoms with Crippen molar-refractivity contribution < 1.29 is 4.79 Å². The molecular weight excluding hydrogens is 150 g/mol. The van der Waals surface area contributed by atoms with Crippen LogP contribution >= 0.6 is 0 Å². The van der Waals surface area contributed by atoms with E-state index in [0.29, 0.717) is 6.42 Å². The molecule has 2 heteroatoms. The SMILES string of the molecule is CCCCC(=O)C(N)C(C)(C)C. The zero-order valence-corrected chi connectivity index (χ0v) is 8.68. The van der Waals surface area contributed by atoms with Crippen LogP contribution in [0.1, 0.15) is 47.0 Å². The molecule has 0 rings (SSSR count). The summed E-state index contributed by atoms with van der Waals surface area (Å²) < 4.78 is 0. The molecule has 0 saturated heterocycles. The Balaban J connectivity index is 3.94. The van der Waals surface area contributed by atoms with Crippen LogP contribution in [0.4, 0.5) is 0 Å². The molecule has 0 aliphatic carbocycles. The van der Waals surface area contributed by atoms with Crippen LogP contribution in [0.3, 0.4) is 0 Å². The minimum Gasteiger partial charge on any atom is -0.321 e. The number of carbonyl (C=O) groups excluding carboxylic acids is 1. The zero-order chi connectivity index (χ0) is 9.78. The summed E-state index contributed by atoms with van der Waals surface area (Å²) in [4.78, 5) is 11.4. The quantitative estimate of drug-likeness (QED) is 0.704. The number of unbranched alkanes of at least 4 members (excludes halogenated alkanes) is 1. The Morgan fingerprint density at radius 3 is 2.25 bits per heavy atom. The topological polar surface area (TPSA) is 43.1 Å². The number of nitrogens with two attached hydrogens (primary N) is 1. The van der Waals surface area contributed by atoms with E-state index in [2.05, 4.69) is 6.92 Å². The number of hydrogen-bond acceptors (Lipinski definition) is 2. The van der Waals surface area contributed by atoms with E-state index in [0.717, 1.165) is 12.8 Å². The molecule has 0 bridgehead atoms. The first-order chi connectivity index (χ1) is 5.39. The standard InChI is InChI=1S/C10H21NO/c1-5-6-7-8(12)9(11)10(2,3)4/h9H,5-7,11H2,1-4H3. The van der Waals surface area contributed by atoms with Crippen molar-refractivity contribution in [3.05, 3.63) is 0 Å². The Morgan fingerprint density at radius 1 is 1.42 bits per heavy atom. The van der Waals surface area contributed by atoms with Gasteiger partial charge in [0.05, 0.1) is 6.04 Å². The van der Waals surface area contributed by atoms with E-state index in [1.807, 2.05) is 20.8 Å². The first-order valence-corrected chi connectivity index (χ1v) is 4.68. The van der Waals surface area contributed by atoms with Gasteiger partial charge in [-0.3, -0.25) is 4.79 Å². The predicted octanol–water partition coefficient (Wildman–Crippen LogP) is 2.12. The fourth-order valence-electron chi connectivity index (χ4n) is 0.989. The van der Waals surface area contributed by atoms with Gasteiger partial charge < -0.3 is 5.73 Å². The normalized spacial score (nSPS) is 14.4. The van der Waals surface area contributed by atoms with Crippen molar-refractivity contribution in [2.24, 2.45) is 11.1 Å². The smallest absolute Gasteiger partial charge is 0.150 e. The van der Waals surface area contributed by atoms with E-state index in [-0.39, 0.29) is 17.2 Å². The molecule has 0 radical (unpaired) electrons. The van der Waals surface area contributed by atoms with Gasteiger partial charge in [-0.25, -0.2) is 0 Å². The van der Waals surface area contributed by atoms with E-state index in [9.17, 15) is 4.79 Å². The van der Waals surface area contributed by atoms with E-state index in [1.54, 1.807) is 0 Å². The molecular formula is C10H21NO. The lowest BCUT2D eigenvalue weighted by Crippen LogP contribution is -2.42. The third kappa shape index (κ3) is 3.86. The molecule has 0 spiro atoms. The highest BCUT2D eigenvalue weighted by Gasteiger charge is 2.26. The molecule has 0 amide bonds. The van der Waals surface area contributed by atoms with Crippen LogP contribution < -0.4 is 5.73 Å². The summed E-state index contributed by atoms with van der Waals surface area (Å²) in [5, 5.41) is 0. The van der Waals surface area contributed by atoms with Gasteiger partial charge in [0.15, 0.2) is 0 Å². The van der Waals surface area contributed by atoms with Crippen LogP contribution in [0.5, 0.6) is 0 Å². The van der Waals surface area contributed by atoms with Gasteiger partial charge in [-0.1, -0.05) is 34.1 Å². The highest BCUT2D eigenvalue weighted by Crippen LogP contribution is 2.19. The molecule has 0 fully saturated rings. The third-order valence-electron chi connectivity index (χ3n) is 2.06. The minimum absolute atomic E-state index is 0.0924. The van der Waals surface area contributed by atoms with Crippen LogP contribution in [-0.2, 0) is 4.79 Å². The van der Waals surface area contributed by atoms with Gasteiger partial charge in [-0.2, -0.15) is 0 Å². The second-order valence-corrected chi connectivity index (χ2v) is 4.41. The average molecular weight is 171 g/mol. The summed E-state index contributed by atoms with van der Waals surface area (Å²) in [6, 6.07) is -0.302. The highest BCUT2D eigenvalue weighted by atomic mass is 16.1. The maximum atomic E-state index is 11.4. The molecule has 0 aliphatic rings. The summed E-state index contributed by atoms with van der Waals surface area (Å²) in [6.45, 7) is 8.08. The van der Waals surface area contributed by atoms with Gasteiger partial charge in [0, 0.05) is 6.42 Å². The lowest BCUT2D eigenvalue weighted by atomic mass is 9.83. The molecule has 2 nitrogen and oxygen atoms in total. The molecule has 1 atom stereocenters. The van der Waals surface area contributed by atoms with Crippen LogP contribution in [0, 0.1) is 5.41 Å². The maximum Gasteiger partial charge on any atom is 0.150 e. The van der Waals surface area contributed by atoms with Crippen LogP contribution in [0.25, 0.3) is 0 Å². The second kappa shape index (κ2) is 4.61. The van der Waals surface area contributed by atoms with Crippen molar-refractivity contribution in [1.29, 1.82) is 0 Å². The monoisotopic (exact) mass is 171 g/mol. The molecule has 0 heterocycles. The number of Topliss-reactive ketones (excluding diaryl/α,β-unsaturated/α-hetero) is 1. The van der Waals surface area contributed by atoms with Crippen molar-refractivity contribution in [3.8, 4) is 0 Å².